The number of hydrogen-bond acceptors (Lipinski definition) is 7. The normalized spacial score (nSPS) is 20.3. The van der Waals surface area contributed by atoms with E-state index in [0.717, 1.165) is 30.8 Å². The van der Waals surface area contributed by atoms with Gasteiger partial charge in [0.15, 0.2) is 23.2 Å². The van der Waals surface area contributed by atoms with Crippen LogP contribution in [0.25, 0.3) is 17.2 Å². The van der Waals surface area contributed by atoms with Gasteiger partial charge < -0.3 is 14.4 Å². The summed E-state index contributed by atoms with van der Waals surface area (Å²) in [6, 6.07) is 4.55. The SMILES string of the molecule is C=C1N(Cc2cc(F)c(OC)c(F)c2)c2ncc(CN3C[C@@H](C)O[C@@H](C)C3)cc2-c2ncnn21. The van der Waals surface area contributed by atoms with E-state index in [9.17, 15) is 8.78 Å². The smallest absolute Gasteiger partial charge is 0.190 e. The van der Waals surface area contributed by atoms with Gasteiger partial charge in [0, 0.05) is 25.8 Å². The van der Waals surface area contributed by atoms with Crippen LogP contribution in [0.2, 0.25) is 0 Å². The van der Waals surface area contributed by atoms with Crippen LogP contribution in [0.4, 0.5) is 14.6 Å². The Morgan fingerprint density at radius 3 is 2.44 bits per heavy atom. The number of pyridine rings is 1. The molecule has 1 saturated heterocycles. The minimum absolute atomic E-state index is 0.147. The standard InChI is InChI=1S/C24H26F2N6O2/c1-14-9-30(10-15(2)34-14)11-18-5-19-23(27-8-18)31(16(3)32-24(19)28-13-29-32)12-17-6-20(25)22(33-4)21(26)7-17/h5-8,13-15H,3,9-12H2,1-2,4H3/t14-,15+. The van der Waals surface area contributed by atoms with E-state index < -0.39 is 17.4 Å². The highest BCUT2D eigenvalue weighted by Crippen LogP contribution is 2.38. The van der Waals surface area contributed by atoms with Gasteiger partial charge in [0.25, 0.3) is 0 Å². The molecule has 10 heteroatoms. The topological polar surface area (TPSA) is 68.5 Å². The summed E-state index contributed by atoms with van der Waals surface area (Å²) in [5, 5.41) is 4.30. The molecule has 2 aromatic heterocycles. The summed E-state index contributed by atoms with van der Waals surface area (Å²) in [7, 11) is 1.23. The Morgan fingerprint density at radius 2 is 1.76 bits per heavy atom. The number of ether oxygens (including phenoxy) is 2. The van der Waals surface area contributed by atoms with E-state index in [1.54, 1.807) is 9.58 Å². The lowest BCUT2D eigenvalue weighted by Crippen LogP contribution is -2.44. The summed E-state index contributed by atoms with van der Waals surface area (Å²) in [5.74, 6) is -0.212. The van der Waals surface area contributed by atoms with E-state index in [-0.39, 0.29) is 18.8 Å². The molecule has 1 fully saturated rings. The highest BCUT2D eigenvalue weighted by atomic mass is 19.1. The second kappa shape index (κ2) is 8.77. The highest BCUT2D eigenvalue weighted by Gasteiger charge is 2.30. The van der Waals surface area contributed by atoms with Crippen molar-refractivity contribution in [2.75, 3.05) is 25.1 Å². The van der Waals surface area contributed by atoms with Gasteiger partial charge in [-0.25, -0.2) is 18.7 Å². The molecule has 0 radical (unpaired) electrons. The van der Waals surface area contributed by atoms with Crippen LogP contribution in [0.3, 0.4) is 0 Å². The first kappa shape index (κ1) is 22.4. The maximum Gasteiger partial charge on any atom is 0.190 e. The maximum atomic E-state index is 14.3. The Morgan fingerprint density at radius 1 is 1.06 bits per heavy atom. The molecule has 1 aromatic carbocycles. The number of morpholine rings is 1. The van der Waals surface area contributed by atoms with Gasteiger partial charge in [0.05, 0.1) is 31.4 Å². The minimum Gasteiger partial charge on any atom is -0.491 e. The van der Waals surface area contributed by atoms with Gasteiger partial charge in [-0.05, 0) is 43.2 Å². The highest BCUT2D eigenvalue weighted by molar-refractivity contribution is 5.84. The molecule has 0 aliphatic carbocycles. The molecule has 178 valence electrons. The van der Waals surface area contributed by atoms with Crippen molar-refractivity contribution in [3.8, 4) is 17.1 Å². The molecule has 2 aliphatic rings. The lowest BCUT2D eigenvalue weighted by molar-refractivity contribution is -0.0705. The van der Waals surface area contributed by atoms with E-state index in [0.29, 0.717) is 23.0 Å². The van der Waals surface area contributed by atoms with Gasteiger partial charge in [0.1, 0.15) is 18.0 Å². The predicted molar refractivity (Wildman–Crippen MR) is 123 cm³/mol. The van der Waals surface area contributed by atoms with Crippen molar-refractivity contribution in [2.24, 2.45) is 0 Å². The number of nitrogens with zero attached hydrogens (tertiary/aromatic N) is 6. The zero-order valence-corrected chi connectivity index (χ0v) is 19.3. The third kappa shape index (κ3) is 4.03. The number of halogens is 2. The molecule has 0 amide bonds. The lowest BCUT2D eigenvalue weighted by atomic mass is 10.1. The molecule has 4 heterocycles. The van der Waals surface area contributed by atoms with Crippen LogP contribution in [0, 0.1) is 11.6 Å². The van der Waals surface area contributed by atoms with Crippen LogP contribution in [0.1, 0.15) is 25.0 Å². The molecule has 0 spiro atoms. The van der Waals surface area contributed by atoms with Crippen LogP contribution in [0.15, 0.2) is 37.3 Å². The molecule has 0 saturated carbocycles. The van der Waals surface area contributed by atoms with Crippen molar-refractivity contribution in [3.05, 3.63) is 60.1 Å². The van der Waals surface area contributed by atoms with Gasteiger partial charge in [-0.15, -0.1) is 0 Å². The fraction of sp³-hybridized carbons (Fsp3) is 0.375. The summed E-state index contributed by atoms with van der Waals surface area (Å²) in [4.78, 5) is 13.2. The number of hydrogen-bond donors (Lipinski definition) is 0. The average molecular weight is 469 g/mol. The molecular weight excluding hydrogens is 442 g/mol. The molecular formula is C24H26F2N6O2. The van der Waals surface area contributed by atoms with E-state index in [2.05, 4.69) is 35.4 Å². The largest absolute Gasteiger partial charge is 0.491 e. The Bertz CT molecular complexity index is 1210. The number of rotatable bonds is 5. The quantitative estimate of drug-likeness (QED) is 0.566. The summed E-state index contributed by atoms with van der Waals surface area (Å²) in [5.41, 5.74) is 2.23. The molecule has 5 rings (SSSR count). The summed E-state index contributed by atoms with van der Waals surface area (Å²) in [6.45, 7) is 10.8. The first-order chi connectivity index (χ1) is 16.3. The summed E-state index contributed by atoms with van der Waals surface area (Å²) < 4.78 is 40.9. The number of fused-ring (bicyclic) bond motifs is 3. The van der Waals surface area contributed by atoms with Crippen LogP contribution in [-0.2, 0) is 17.8 Å². The number of methoxy groups -OCH3 is 1. The predicted octanol–water partition coefficient (Wildman–Crippen LogP) is 3.68. The van der Waals surface area contributed by atoms with Crippen molar-refractivity contribution in [3.63, 3.8) is 0 Å². The van der Waals surface area contributed by atoms with Crippen LogP contribution >= 0.6 is 0 Å². The Hall–Kier alpha value is -3.37. The van der Waals surface area contributed by atoms with Gasteiger partial charge in [-0.3, -0.25) is 4.90 Å². The molecule has 0 bridgehead atoms. The maximum absolute atomic E-state index is 14.3. The fourth-order valence-electron chi connectivity index (χ4n) is 4.74. The van der Waals surface area contributed by atoms with Crippen molar-refractivity contribution in [1.82, 2.24) is 24.6 Å². The second-order valence-electron chi connectivity index (χ2n) is 8.76. The molecule has 0 N–H and O–H groups in total. The molecule has 3 aromatic rings. The zero-order valence-electron chi connectivity index (χ0n) is 19.3. The van der Waals surface area contributed by atoms with Crippen molar-refractivity contribution in [1.29, 1.82) is 0 Å². The summed E-state index contributed by atoms with van der Waals surface area (Å²) in [6.07, 6.45) is 3.62. The van der Waals surface area contributed by atoms with Crippen molar-refractivity contribution in [2.45, 2.75) is 39.1 Å². The van der Waals surface area contributed by atoms with Crippen LogP contribution in [-0.4, -0.2) is 57.1 Å². The first-order valence-electron chi connectivity index (χ1n) is 11.1. The summed E-state index contributed by atoms with van der Waals surface area (Å²) >= 11 is 0. The van der Waals surface area contributed by atoms with E-state index in [4.69, 9.17) is 14.5 Å². The van der Waals surface area contributed by atoms with Crippen LogP contribution in [0.5, 0.6) is 5.75 Å². The molecule has 34 heavy (non-hydrogen) atoms. The number of anilines is 1. The fourth-order valence-corrected chi connectivity index (χ4v) is 4.74. The van der Waals surface area contributed by atoms with Gasteiger partial charge >= 0.3 is 0 Å². The second-order valence-corrected chi connectivity index (χ2v) is 8.76. The zero-order chi connectivity index (χ0) is 24.0. The van der Waals surface area contributed by atoms with E-state index >= 15 is 0 Å². The van der Waals surface area contributed by atoms with E-state index in [1.807, 2.05) is 12.3 Å². The minimum atomic E-state index is -0.765. The van der Waals surface area contributed by atoms with Crippen molar-refractivity contribution < 1.29 is 18.3 Å². The number of aromatic nitrogens is 4. The third-order valence-electron chi connectivity index (χ3n) is 6.03. The first-order valence-corrected chi connectivity index (χ1v) is 11.1. The Kier molecular flexibility index (Phi) is 5.78. The van der Waals surface area contributed by atoms with Crippen molar-refractivity contribution >= 4 is 11.6 Å². The monoisotopic (exact) mass is 468 g/mol. The van der Waals surface area contributed by atoms with Gasteiger partial charge in [-0.1, -0.05) is 6.58 Å². The van der Waals surface area contributed by atoms with Gasteiger partial charge in [0.2, 0.25) is 0 Å². The molecule has 8 nitrogen and oxygen atoms in total. The molecule has 0 unspecified atom stereocenters. The Balaban J connectivity index is 1.48. The third-order valence-corrected chi connectivity index (χ3v) is 6.03. The average Bonchev–Trinajstić information content (AvgIpc) is 3.26. The number of benzene rings is 1. The lowest BCUT2D eigenvalue weighted by Gasteiger charge is -2.35. The Labute approximate surface area is 196 Å². The van der Waals surface area contributed by atoms with Crippen LogP contribution < -0.4 is 9.64 Å². The molecule has 2 aliphatic heterocycles. The molecule has 2 atom stereocenters. The van der Waals surface area contributed by atoms with E-state index in [1.165, 1.54) is 25.6 Å². The van der Waals surface area contributed by atoms with Gasteiger partial charge in [-0.2, -0.15) is 9.78 Å².